The van der Waals surface area contributed by atoms with Crippen molar-refractivity contribution in [1.82, 2.24) is 0 Å². The predicted octanol–water partition coefficient (Wildman–Crippen LogP) is 4.61. The van der Waals surface area contributed by atoms with E-state index in [2.05, 4.69) is 99.6 Å². The number of hydrogen-bond acceptors (Lipinski definition) is 1. The summed E-state index contributed by atoms with van der Waals surface area (Å²) in [6.45, 7) is 7.66. The molecule has 0 unspecified atom stereocenters. The lowest BCUT2D eigenvalue weighted by molar-refractivity contribution is 0.302. The summed E-state index contributed by atoms with van der Waals surface area (Å²) in [5.41, 5.74) is 1.27. The molecule has 0 atom stereocenters. The molecule has 0 fully saturated rings. The van der Waals surface area contributed by atoms with Gasteiger partial charge >= 0.3 is 0 Å². The van der Waals surface area contributed by atoms with Crippen LogP contribution in [0.15, 0.2) is 84.9 Å². The van der Waals surface area contributed by atoms with Crippen LogP contribution in [0, 0.1) is 6.07 Å². The maximum absolute atomic E-state index is 6.90. The summed E-state index contributed by atoms with van der Waals surface area (Å²) < 4.78 is 6.90. The van der Waals surface area contributed by atoms with Gasteiger partial charge in [0.25, 0.3) is 8.32 Å². The maximum atomic E-state index is 6.90. The Morgan fingerprint density at radius 2 is 1.38 bits per heavy atom. The largest absolute Gasteiger partial charge is 0.407 e. The molecule has 0 saturated carbocycles. The molecule has 0 N–H and O–H groups in total. The molecule has 3 rings (SSSR count). The summed E-state index contributed by atoms with van der Waals surface area (Å²) in [6, 6.07) is 32.9. The van der Waals surface area contributed by atoms with Gasteiger partial charge in [-0.25, -0.2) is 0 Å². The van der Waals surface area contributed by atoms with Crippen LogP contribution in [0.5, 0.6) is 0 Å². The number of hydrogen-bond donors (Lipinski definition) is 0. The van der Waals surface area contributed by atoms with E-state index in [0.717, 1.165) is 6.42 Å². The van der Waals surface area contributed by atoms with Gasteiger partial charge in [-0.3, -0.25) is 0 Å². The quantitative estimate of drug-likeness (QED) is 0.584. The Labute approximate surface area is 158 Å². The first-order valence-corrected chi connectivity index (χ1v) is 11.1. The lowest BCUT2D eigenvalue weighted by Crippen LogP contribution is -2.66. The maximum Gasteiger partial charge on any atom is 0.261 e. The van der Waals surface area contributed by atoms with Gasteiger partial charge in [0.2, 0.25) is 0 Å². The zero-order valence-electron chi connectivity index (χ0n) is 15.9. The van der Waals surface area contributed by atoms with E-state index < -0.39 is 8.32 Å². The smallest absolute Gasteiger partial charge is 0.261 e. The van der Waals surface area contributed by atoms with E-state index in [1.54, 1.807) is 0 Å². The van der Waals surface area contributed by atoms with Crippen molar-refractivity contribution in [2.45, 2.75) is 32.2 Å². The van der Waals surface area contributed by atoms with Gasteiger partial charge in [-0.2, -0.15) is 0 Å². The Morgan fingerprint density at radius 1 is 0.808 bits per heavy atom. The molecular weight excluding hydrogens is 332 g/mol. The highest BCUT2D eigenvalue weighted by atomic mass is 28.4. The van der Waals surface area contributed by atoms with E-state index in [4.69, 9.17) is 4.43 Å². The minimum Gasteiger partial charge on any atom is -0.407 e. The second-order valence-electron chi connectivity index (χ2n) is 7.67. The Hall–Kier alpha value is -2.16. The Morgan fingerprint density at radius 3 is 1.85 bits per heavy atom. The molecule has 2 heteroatoms. The fourth-order valence-electron chi connectivity index (χ4n) is 3.67. The van der Waals surface area contributed by atoms with E-state index in [1.165, 1.54) is 15.9 Å². The molecule has 0 bridgehead atoms. The van der Waals surface area contributed by atoms with Crippen molar-refractivity contribution < 1.29 is 4.43 Å². The molecule has 0 aliphatic carbocycles. The second-order valence-corrected chi connectivity index (χ2v) is 12.0. The Kier molecular flexibility index (Phi) is 5.75. The minimum atomic E-state index is -2.41. The first-order chi connectivity index (χ1) is 12.5. The molecule has 133 valence electrons. The van der Waals surface area contributed by atoms with Gasteiger partial charge in [0, 0.05) is 6.61 Å². The summed E-state index contributed by atoms with van der Waals surface area (Å²) in [4.78, 5) is 0. The molecule has 0 aliphatic heterocycles. The van der Waals surface area contributed by atoms with Crippen molar-refractivity contribution >= 4 is 18.7 Å². The molecule has 0 aromatic heterocycles. The molecule has 0 aliphatic rings. The van der Waals surface area contributed by atoms with Gasteiger partial charge in [-0.05, 0) is 33.5 Å². The molecule has 0 spiro atoms. The van der Waals surface area contributed by atoms with Crippen LogP contribution in [0.1, 0.15) is 26.3 Å². The van der Waals surface area contributed by atoms with E-state index in [1.807, 2.05) is 12.1 Å². The van der Waals surface area contributed by atoms with Crippen molar-refractivity contribution in [3.8, 4) is 0 Å². The van der Waals surface area contributed by atoms with Crippen LogP contribution in [0.3, 0.4) is 0 Å². The van der Waals surface area contributed by atoms with Gasteiger partial charge < -0.3 is 4.43 Å². The minimum absolute atomic E-state index is 0.0263. The summed E-state index contributed by atoms with van der Waals surface area (Å²) >= 11 is 0. The van der Waals surface area contributed by atoms with Crippen LogP contribution >= 0.6 is 0 Å². The molecular formula is C24H27OSi. The summed E-state index contributed by atoms with van der Waals surface area (Å²) in [5, 5.41) is 2.69. The average molecular weight is 360 g/mol. The third-order valence-electron chi connectivity index (χ3n) is 4.90. The fraction of sp³-hybridized carbons (Fsp3) is 0.250. The van der Waals surface area contributed by atoms with Crippen LogP contribution < -0.4 is 10.4 Å². The highest BCUT2D eigenvalue weighted by Gasteiger charge is 2.49. The molecule has 1 nitrogen and oxygen atoms in total. The second kappa shape index (κ2) is 8.03. The molecule has 0 saturated heterocycles. The lowest BCUT2D eigenvalue weighted by Gasteiger charge is -2.43. The van der Waals surface area contributed by atoms with Crippen LogP contribution in [0.2, 0.25) is 5.04 Å². The lowest BCUT2D eigenvalue weighted by atomic mass is 10.2. The summed E-state index contributed by atoms with van der Waals surface area (Å²) in [6.07, 6.45) is 0.905. The molecule has 3 aromatic rings. The Bertz CT molecular complexity index is 752. The molecule has 3 aromatic carbocycles. The van der Waals surface area contributed by atoms with Crippen LogP contribution in [0.25, 0.3) is 0 Å². The van der Waals surface area contributed by atoms with Gasteiger partial charge in [0.1, 0.15) is 0 Å². The van der Waals surface area contributed by atoms with E-state index in [0.29, 0.717) is 6.61 Å². The topological polar surface area (TPSA) is 9.23 Å². The molecule has 1 radical (unpaired) electrons. The third kappa shape index (κ3) is 3.82. The highest BCUT2D eigenvalue weighted by Crippen LogP contribution is 2.36. The van der Waals surface area contributed by atoms with Crippen LogP contribution in [-0.4, -0.2) is 14.9 Å². The first kappa shape index (κ1) is 18.6. The van der Waals surface area contributed by atoms with E-state index >= 15 is 0 Å². The average Bonchev–Trinajstić information content (AvgIpc) is 2.66. The normalized spacial score (nSPS) is 12.1. The zero-order chi connectivity index (χ0) is 18.5. The van der Waals surface area contributed by atoms with Gasteiger partial charge in [0.15, 0.2) is 0 Å². The van der Waals surface area contributed by atoms with Crippen LogP contribution in [-0.2, 0) is 10.8 Å². The van der Waals surface area contributed by atoms with Gasteiger partial charge in [-0.1, -0.05) is 106 Å². The van der Waals surface area contributed by atoms with E-state index in [-0.39, 0.29) is 5.04 Å². The van der Waals surface area contributed by atoms with Gasteiger partial charge in [0.05, 0.1) is 0 Å². The molecule has 26 heavy (non-hydrogen) atoms. The third-order valence-corrected chi connectivity index (χ3v) is 9.94. The highest BCUT2D eigenvalue weighted by molar-refractivity contribution is 6.99. The standard InChI is InChI=1S/C24H27OSi/c1-24(2,3)26(22-15-9-5-10-16-22,23-17-11-6-12-18-23)25-20-19-21-13-7-4-8-14-21/h4-7,9-18H,19-20H2,1-3H3. The predicted molar refractivity (Wildman–Crippen MR) is 113 cm³/mol. The Balaban J connectivity index is 2.00. The number of benzene rings is 3. The number of rotatable bonds is 6. The van der Waals surface area contributed by atoms with Crippen molar-refractivity contribution in [2.24, 2.45) is 0 Å². The van der Waals surface area contributed by atoms with Crippen molar-refractivity contribution in [3.05, 3.63) is 96.6 Å². The van der Waals surface area contributed by atoms with Crippen molar-refractivity contribution in [3.63, 3.8) is 0 Å². The SMILES string of the molecule is CC(C)(C)[Si](OCCc1c[c]ccc1)(c1ccccc1)c1ccccc1. The fourth-order valence-corrected chi connectivity index (χ4v) is 8.23. The zero-order valence-corrected chi connectivity index (χ0v) is 16.9. The van der Waals surface area contributed by atoms with Crippen LogP contribution in [0.4, 0.5) is 0 Å². The first-order valence-electron chi connectivity index (χ1n) is 9.24. The van der Waals surface area contributed by atoms with Crippen molar-refractivity contribution in [2.75, 3.05) is 6.61 Å². The van der Waals surface area contributed by atoms with Gasteiger partial charge in [-0.15, -0.1) is 0 Å². The van der Waals surface area contributed by atoms with Crippen molar-refractivity contribution in [1.29, 1.82) is 0 Å². The van der Waals surface area contributed by atoms with E-state index in [9.17, 15) is 0 Å². The monoisotopic (exact) mass is 359 g/mol. The summed E-state index contributed by atoms with van der Waals surface area (Å²) in [7, 11) is -2.41. The summed E-state index contributed by atoms with van der Waals surface area (Å²) in [5.74, 6) is 0. The molecule has 0 amide bonds. The molecule has 0 heterocycles.